The molecule has 1 aromatic carbocycles. The Balaban J connectivity index is 0.00000161. The summed E-state index contributed by atoms with van der Waals surface area (Å²) in [5, 5.41) is 3.22. The van der Waals surface area contributed by atoms with E-state index in [4.69, 9.17) is 0 Å². The van der Waals surface area contributed by atoms with Gasteiger partial charge >= 0.3 is 0 Å². The van der Waals surface area contributed by atoms with Crippen molar-refractivity contribution in [2.24, 2.45) is 5.92 Å². The van der Waals surface area contributed by atoms with Gasteiger partial charge in [0.15, 0.2) is 0 Å². The Bertz CT molecular complexity index is 719. The highest BCUT2D eigenvalue weighted by Crippen LogP contribution is 2.22. The molecule has 1 saturated heterocycles. The lowest BCUT2D eigenvalue weighted by molar-refractivity contribution is 0.327. The summed E-state index contributed by atoms with van der Waals surface area (Å²) in [4.78, 5) is 0.210. The minimum atomic E-state index is -3.58. The van der Waals surface area contributed by atoms with Crippen molar-refractivity contribution < 1.29 is 8.42 Å². The summed E-state index contributed by atoms with van der Waals surface area (Å²) in [6.07, 6.45) is 0.968. The number of hydrogen-bond donors (Lipinski definition) is 2. The third kappa shape index (κ3) is 3.35. The molecule has 0 saturated carbocycles. The molecule has 2 heterocycles. The first-order chi connectivity index (χ1) is 9.58. The average Bonchev–Trinajstić information content (AvgIpc) is 2.89. The van der Waals surface area contributed by atoms with Gasteiger partial charge in [0.05, 0.1) is 11.7 Å². The zero-order valence-corrected chi connectivity index (χ0v) is 13.9. The first-order valence-electron chi connectivity index (χ1n) is 6.52. The summed E-state index contributed by atoms with van der Waals surface area (Å²) in [7, 11) is -3.58. The molecule has 116 valence electrons. The summed E-state index contributed by atoms with van der Waals surface area (Å²) < 4.78 is 36.1. The number of hydrogen-bond acceptors (Lipinski definition) is 6. The predicted molar refractivity (Wildman–Crippen MR) is 85.4 cm³/mol. The molecule has 0 radical (unpaired) electrons. The molecule has 0 spiro atoms. The number of piperidine rings is 1. The van der Waals surface area contributed by atoms with Crippen LogP contribution < -0.4 is 10.0 Å². The summed E-state index contributed by atoms with van der Waals surface area (Å²) in [5.74, 6) is 0.318. The molecule has 21 heavy (non-hydrogen) atoms. The Kier molecular flexibility index (Phi) is 5.15. The summed E-state index contributed by atoms with van der Waals surface area (Å²) in [5.41, 5.74) is 1.06. The summed E-state index contributed by atoms with van der Waals surface area (Å²) in [6.45, 7) is 3.66. The monoisotopic (exact) mass is 348 g/mol. The van der Waals surface area contributed by atoms with Gasteiger partial charge in [-0.1, -0.05) is 13.0 Å². The fourth-order valence-electron chi connectivity index (χ4n) is 2.41. The van der Waals surface area contributed by atoms with Crippen molar-refractivity contribution in [3.63, 3.8) is 0 Å². The molecule has 2 atom stereocenters. The lowest BCUT2D eigenvalue weighted by Crippen LogP contribution is -2.50. The van der Waals surface area contributed by atoms with Crippen molar-refractivity contribution in [3.8, 4) is 0 Å². The van der Waals surface area contributed by atoms with Crippen LogP contribution in [0.2, 0.25) is 0 Å². The maximum atomic E-state index is 12.6. The number of rotatable bonds is 3. The van der Waals surface area contributed by atoms with Crippen LogP contribution in [0.15, 0.2) is 23.1 Å². The minimum absolute atomic E-state index is 0. The molecule has 9 heteroatoms. The second-order valence-corrected chi connectivity index (χ2v) is 7.30. The molecular formula is C12H17ClN4O2S2. The summed E-state index contributed by atoms with van der Waals surface area (Å²) in [6, 6.07) is 4.95. The van der Waals surface area contributed by atoms with E-state index in [1.807, 2.05) is 0 Å². The number of sulfonamides is 1. The van der Waals surface area contributed by atoms with E-state index >= 15 is 0 Å². The fraction of sp³-hybridized carbons (Fsp3) is 0.500. The van der Waals surface area contributed by atoms with E-state index in [9.17, 15) is 8.42 Å². The zero-order valence-electron chi connectivity index (χ0n) is 11.4. The Morgan fingerprint density at radius 3 is 2.95 bits per heavy atom. The molecule has 2 N–H and O–H groups in total. The van der Waals surface area contributed by atoms with Crippen molar-refractivity contribution in [1.29, 1.82) is 0 Å². The lowest BCUT2D eigenvalue weighted by Gasteiger charge is -2.29. The second-order valence-electron chi connectivity index (χ2n) is 5.09. The molecule has 1 aromatic heterocycles. The van der Waals surface area contributed by atoms with Crippen LogP contribution in [0, 0.1) is 5.92 Å². The molecule has 1 fully saturated rings. The van der Waals surface area contributed by atoms with E-state index in [2.05, 4.69) is 25.7 Å². The largest absolute Gasteiger partial charge is 0.315 e. The molecule has 0 bridgehead atoms. The highest BCUT2D eigenvalue weighted by Gasteiger charge is 2.28. The molecule has 0 aliphatic carbocycles. The van der Waals surface area contributed by atoms with Gasteiger partial charge in [0, 0.05) is 12.6 Å². The van der Waals surface area contributed by atoms with E-state index in [1.54, 1.807) is 18.2 Å². The van der Waals surface area contributed by atoms with Crippen LogP contribution >= 0.6 is 24.1 Å². The van der Waals surface area contributed by atoms with Gasteiger partial charge in [-0.25, -0.2) is 13.1 Å². The number of aromatic nitrogens is 2. The molecule has 1 aliphatic rings. The zero-order chi connectivity index (χ0) is 14.2. The van der Waals surface area contributed by atoms with E-state index < -0.39 is 10.0 Å². The maximum absolute atomic E-state index is 12.6. The first kappa shape index (κ1) is 16.6. The third-order valence-electron chi connectivity index (χ3n) is 3.67. The minimum Gasteiger partial charge on any atom is -0.315 e. The lowest BCUT2D eigenvalue weighted by atomic mass is 9.96. The molecular weight excluding hydrogens is 332 g/mol. The Morgan fingerprint density at radius 2 is 2.19 bits per heavy atom. The second kappa shape index (κ2) is 6.53. The van der Waals surface area contributed by atoms with E-state index in [0.717, 1.165) is 24.7 Å². The fourth-order valence-corrected chi connectivity index (χ4v) is 4.52. The number of nitrogens with one attached hydrogen (secondary N) is 2. The van der Waals surface area contributed by atoms with Crippen LogP contribution in [-0.2, 0) is 10.0 Å². The van der Waals surface area contributed by atoms with Crippen molar-refractivity contribution in [2.45, 2.75) is 24.3 Å². The highest BCUT2D eigenvalue weighted by atomic mass is 35.5. The predicted octanol–water partition coefficient (Wildman–Crippen LogP) is 1.39. The Morgan fingerprint density at radius 1 is 1.38 bits per heavy atom. The quantitative estimate of drug-likeness (QED) is 0.875. The molecule has 2 aromatic rings. The van der Waals surface area contributed by atoms with Crippen LogP contribution in [0.5, 0.6) is 0 Å². The van der Waals surface area contributed by atoms with Crippen molar-refractivity contribution in [3.05, 3.63) is 18.2 Å². The smallest absolute Gasteiger partial charge is 0.243 e. The topological polar surface area (TPSA) is 84.0 Å². The van der Waals surface area contributed by atoms with Gasteiger partial charge in [-0.3, -0.25) is 0 Å². The normalized spacial score (nSPS) is 22.9. The van der Waals surface area contributed by atoms with Crippen LogP contribution in [0.3, 0.4) is 0 Å². The number of fused-ring (bicyclic) bond motifs is 1. The van der Waals surface area contributed by atoms with Gasteiger partial charge in [-0.15, -0.1) is 12.4 Å². The van der Waals surface area contributed by atoms with Gasteiger partial charge in [0.2, 0.25) is 10.0 Å². The highest BCUT2D eigenvalue weighted by molar-refractivity contribution is 7.89. The van der Waals surface area contributed by atoms with Crippen LogP contribution in [0.25, 0.3) is 11.0 Å². The third-order valence-corrected chi connectivity index (χ3v) is 5.74. The number of benzene rings is 1. The Labute approximate surface area is 134 Å². The first-order valence-corrected chi connectivity index (χ1v) is 8.73. The van der Waals surface area contributed by atoms with Gasteiger partial charge < -0.3 is 5.32 Å². The van der Waals surface area contributed by atoms with Gasteiger partial charge in [0.1, 0.15) is 15.9 Å². The van der Waals surface area contributed by atoms with Gasteiger partial charge in [0.25, 0.3) is 0 Å². The average molecular weight is 349 g/mol. The van der Waals surface area contributed by atoms with Gasteiger partial charge in [-0.05, 0) is 31.0 Å². The van der Waals surface area contributed by atoms with E-state index in [0.29, 0.717) is 23.5 Å². The molecule has 3 rings (SSSR count). The standard InChI is InChI=1S/C12H16N4O2S2.ClH/c1-8-5-6-13-7-10(8)16-20(17,18)11-4-2-3-9-12(11)15-19-14-9;/h2-4,8,10,13,16H,5-7H2,1H3;1H. The molecule has 2 unspecified atom stereocenters. The van der Waals surface area contributed by atoms with Gasteiger partial charge in [-0.2, -0.15) is 8.75 Å². The Hall–Kier alpha value is -0.800. The summed E-state index contributed by atoms with van der Waals surface area (Å²) >= 11 is 1.03. The van der Waals surface area contributed by atoms with Crippen molar-refractivity contribution in [1.82, 2.24) is 18.8 Å². The van der Waals surface area contributed by atoms with E-state index in [-0.39, 0.29) is 23.3 Å². The van der Waals surface area contributed by atoms with Crippen molar-refractivity contribution >= 4 is 45.2 Å². The number of halogens is 1. The van der Waals surface area contributed by atoms with E-state index in [1.165, 1.54) is 0 Å². The molecule has 0 amide bonds. The van der Waals surface area contributed by atoms with Crippen molar-refractivity contribution in [2.75, 3.05) is 13.1 Å². The van der Waals surface area contributed by atoms with Crippen LogP contribution in [0.4, 0.5) is 0 Å². The SMILES string of the molecule is CC1CCNCC1NS(=O)(=O)c1cccc2nsnc12.Cl. The van der Waals surface area contributed by atoms with Crippen LogP contribution in [0.1, 0.15) is 13.3 Å². The van der Waals surface area contributed by atoms with Crippen LogP contribution in [-0.4, -0.2) is 36.3 Å². The molecule has 6 nitrogen and oxygen atoms in total. The molecule has 1 aliphatic heterocycles. The maximum Gasteiger partial charge on any atom is 0.243 e. The number of nitrogens with zero attached hydrogens (tertiary/aromatic N) is 2.